The number of rotatable bonds is 0. The molecule has 1 aromatic rings. The van der Waals surface area contributed by atoms with Crippen LogP contribution in [0.4, 0.5) is 0 Å². The highest BCUT2D eigenvalue weighted by molar-refractivity contribution is 5.39. The molecule has 0 nitrogen and oxygen atoms in total. The quantitative estimate of drug-likeness (QED) is 0.576. The third kappa shape index (κ3) is 2.17. The molecule has 0 unspecified atom stereocenters. The Morgan fingerprint density at radius 1 is 1.07 bits per heavy atom. The third-order valence-corrected chi connectivity index (χ3v) is 2.83. The number of hydrogen-bond donors (Lipinski definition) is 0. The zero-order chi connectivity index (χ0) is 10.8. The second kappa shape index (κ2) is 4.16. The lowest BCUT2D eigenvalue weighted by Gasteiger charge is -2.15. The molecule has 0 spiro atoms. The van der Waals surface area contributed by atoms with Gasteiger partial charge in [-0.1, -0.05) is 45.9 Å². The summed E-state index contributed by atoms with van der Waals surface area (Å²) in [5, 5.41) is 0. The number of hydrogen-bond acceptors (Lipinski definition) is 0. The first-order valence-corrected chi connectivity index (χ1v) is 5.66. The molecule has 0 N–H and O–H groups in total. The van der Waals surface area contributed by atoms with Crippen molar-refractivity contribution in [1.29, 1.82) is 0 Å². The molecule has 0 bridgehead atoms. The van der Waals surface area contributed by atoms with Crippen LogP contribution in [0.2, 0.25) is 0 Å². The van der Waals surface area contributed by atoms with E-state index in [1.807, 2.05) is 13.8 Å². The van der Waals surface area contributed by atoms with E-state index in [2.05, 4.69) is 39.0 Å². The second-order valence-electron chi connectivity index (χ2n) is 4.73. The van der Waals surface area contributed by atoms with Gasteiger partial charge < -0.3 is 0 Å². The Bertz CT molecular complexity index is 308. The highest BCUT2D eigenvalue weighted by atomic mass is 14.3. The van der Waals surface area contributed by atoms with Crippen molar-refractivity contribution < 1.29 is 0 Å². The first kappa shape index (κ1) is 11.3. The maximum atomic E-state index is 2.35. The molecule has 14 heavy (non-hydrogen) atoms. The van der Waals surface area contributed by atoms with Crippen molar-refractivity contribution in [2.24, 2.45) is 5.41 Å². The second-order valence-corrected chi connectivity index (χ2v) is 4.73. The van der Waals surface area contributed by atoms with Crippen molar-refractivity contribution in [1.82, 2.24) is 0 Å². The van der Waals surface area contributed by atoms with E-state index in [1.54, 1.807) is 11.1 Å². The summed E-state index contributed by atoms with van der Waals surface area (Å²) in [6.45, 7) is 10.9. The molecule has 78 valence electrons. The van der Waals surface area contributed by atoms with Crippen LogP contribution in [-0.4, -0.2) is 0 Å². The Hall–Kier alpha value is -0.780. The van der Waals surface area contributed by atoms with Crippen LogP contribution in [0.5, 0.6) is 0 Å². The van der Waals surface area contributed by atoms with Gasteiger partial charge in [-0.25, -0.2) is 0 Å². The average molecular weight is 190 g/mol. The fourth-order valence-electron chi connectivity index (χ4n) is 2.24. The number of fused-ring (bicyclic) bond motifs is 1. The molecular weight excluding hydrogens is 168 g/mol. The molecule has 0 aliphatic heterocycles. The van der Waals surface area contributed by atoms with E-state index >= 15 is 0 Å². The van der Waals surface area contributed by atoms with Gasteiger partial charge in [0.15, 0.2) is 0 Å². The topological polar surface area (TPSA) is 0 Å². The molecular formula is C14H22. The first-order valence-electron chi connectivity index (χ1n) is 5.66. The molecule has 0 saturated heterocycles. The Kier molecular flexibility index (Phi) is 3.36. The molecule has 1 aromatic carbocycles. The summed E-state index contributed by atoms with van der Waals surface area (Å²) in [5.41, 5.74) is 5.13. The predicted molar refractivity (Wildman–Crippen MR) is 63.7 cm³/mol. The Labute approximate surface area is 88.4 Å². The van der Waals surface area contributed by atoms with E-state index in [1.165, 1.54) is 18.4 Å². The molecule has 0 aromatic heterocycles. The average Bonchev–Trinajstić information content (AvgIpc) is 2.45. The van der Waals surface area contributed by atoms with Gasteiger partial charge in [-0.15, -0.1) is 0 Å². The van der Waals surface area contributed by atoms with Crippen molar-refractivity contribution in [2.75, 3.05) is 0 Å². The molecule has 0 heterocycles. The molecule has 2 rings (SSSR count). The van der Waals surface area contributed by atoms with Crippen LogP contribution in [0.1, 0.15) is 44.4 Å². The summed E-state index contributed by atoms with van der Waals surface area (Å²) >= 11 is 0. The molecule has 0 amide bonds. The lowest BCUT2D eigenvalue weighted by atomic mass is 9.90. The van der Waals surface area contributed by atoms with E-state index in [-0.39, 0.29) is 0 Å². The Morgan fingerprint density at radius 3 is 2.29 bits per heavy atom. The Morgan fingerprint density at radius 2 is 1.71 bits per heavy atom. The van der Waals surface area contributed by atoms with Gasteiger partial charge in [0.1, 0.15) is 0 Å². The third-order valence-electron chi connectivity index (χ3n) is 2.83. The molecule has 0 heteroatoms. The zero-order valence-corrected chi connectivity index (χ0v) is 10.1. The molecule has 0 atom stereocenters. The fraction of sp³-hybridized carbons (Fsp3) is 0.571. The minimum Gasteiger partial charge on any atom is -0.0683 e. The molecule has 0 saturated carbocycles. The monoisotopic (exact) mass is 190 g/mol. The van der Waals surface area contributed by atoms with Gasteiger partial charge in [-0.3, -0.25) is 0 Å². The lowest BCUT2D eigenvalue weighted by Crippen LogP contribution is -2.09. The maximum Gasteiger partial charge on any atom is -0.0219 e. The summed E-state index contributed by atoms with van der Waals surface area (Å²) in [4.78, 5) is 0. The number of benzene rings is 1. The first-order chi connectivity index (χ1) is 6.58. The van der Waals surface area contributed by atoms with E-state index in [4.69, 9.17) is 0 Å². The maximum absolute atomic E-state index is 2.35. The summed E-state index contributed by atoms with van der Waals surface area (Å²) < 4.78 is 0. The van der Waals surface area contributed by atoms with Gasteiger partial charge in [-0.05, 0) is 41.9 Å². The van der Waals surface area contributed by atoms with Crippen molar-refractivity contribution >= 4 is 0 Å². The Balaban J connectivity index is 0.000000461. The highest BCUT2D eigenvalue weighted by Crippen LogP contribution is 2.37. The summed E-state index contributed by atoms with van der Waals surface area (Å²) in [6, 6.07) is 6.67. The number of aryl methyl sites for hydroxylation is 1. The van der Waals surface area contributed by atoms with Gasteiger partial charge in [0, 0.05) is 0 Å². The predicted octanol–water partition coefficient (Wildman–Crippen LogP) is 4.15. The van der Waals surface area contributed by atoms with Crippen LogP contribution in [0, 0.1) is 12.3 Å². The lowest BCUT2D eigenvalue weighted by molar-refractivity contribution is 0.392. The normalized spacial score (nSPS) is 16.9. The van der Waals surface area contributed by atoms with E-state index in [9.17, 15) is 0 Å². The van der Waals surface area contributed by atoms with Crippen LogP contribution >= 0.6 is 0 Å². The largest absolute Gasteiger partial charge is 0.0683 e. The van der Waals surface area contributed by atoms with Gasteiger partial charge >= 0.3 is 0 Å². The SMILES string of the molecule is CC.Cc1cccc2c1CC(C)(C)C2. The summed E-state index contributed by atoms with van der Waals surface area (Å²) in [7, 11) is 0. The van der Waals surface area contributed by atoms with Crippen molar-refractivity contribution in [3.63, 3.8) is 0 Å². The molecule has 1 aliphatic carbocycles. The van der Waals surface area contributed by atoms with E-state index in [0.29, 0.717) is 5.41 Å². The molecule has 0 fully saturated rings. The highest BCUT2D eigenvalue weighted by Gasteiger charge is 2.28. The van der Waals surface area contributed by atoms with Crippen LogP contribution in [0.25, 0.3) is 0 Å². The zero-order valence-electron chi connectivity index (χ0n) is 10.1. The summed E-state index contributed by atoms with van der Waals surface area (Å²) in [5.74, 6) is 0. The van der Waals surface area contributed by atoms with E-state index in [0.717, 1.165) is 0 Å². The minimum absolute atomic E-state index is 0.494. The molecule has 0 radical (unpaired) electrons. The van der Waals surface area contributed by atoms with Crippen molar-refractivity contribution in [3.05, 3.63) is 34.9 Å². The van der Waals surface area contributed by atoms with Gasteiger partial charge in [0.25, 0.3) is 0 Å². The van der Waals surface area contributed by atoms with Crippen molar-refractivity contribution in [2.45, 2.75) is 47.5 Å². The van der Waals surface area contributed by atoms with Gasteiger partial charge in [-0.2, -0.15) is 0 Å². The van der Waals surface area contributed by atoms with Crippen LogP contribution in [0.15, 0.2) is 18.2 Å². The fourth-order valence-corrected chi connectivity index (χ4v) is 2.24. The minimum atomic E-state index is 0.494. The summed E-state index contributed by atoms with van der Waals surface area (Å²) in [6.07, 6.45) is 2.51. The van der Waals surface area contributed by atoms with Crippen LogP contribution in [-0.2, 0) is 12.8 Å². The van der Waals surface area contributed by atoms with Crippen molar-refractivity contribution in [3.8, 4) is 0 Å². The van der Waals surface area contributed by atoms with Crippen LogP contribution in [0.3, 0.4) is 0 Å². The van der Waals surface area contributed by atoms with Crippen LogP contribution < -0.4 is 0 Å². The standard InChI is InChI=1S/C12H16.C2H6/c1-9-5-4-6-10-7-12(2,3)8-11(9)10;1-2/h4-6H,7-8H2,1-3H3;1-2H3. The van der Waals surface area contributed by atoms with Gasteiger partial charge in [0.2, 0.25) is 0 Å². The van der Waals surface area contributed by atoms with Gasteiger partial charge in [0.05, 0.1) is 0 Å². The van der Waals surface area contributed by atoms with E-state index < -0.39 is 0 Å². The smallest absolute Gasteiger partial charge is 0.0219 e. The molecule has 1 aliphatic rings.